The van der Waals surface area contributed by atoms with Gasteiger partial charge in [-0.25, -0.2) is 0 Å². The van der Waals surface area contributed by atoms with Crippen molar-refractivity contribution < 1.29 is 19.4 Å². The topological polar surface area (TPSA) is 98.8 Å². The number of H-pyrrole nitrogens is 1. The van der Waals surface area contributed by atoms with Crippen LogP contribution in [0.5, 0.6) is 5.75 Å². The van der Waals surface area contributed by atoms with Gasteiger partial charge in [0.1, 0.15) is 5.75 Å². The number of likely N-dealkylation sites (tertiary alicyclic amines) is 1. The summed E-state index contributed by atoms with van der Waals surface area (Å²) in [5, 5.41) is 11.4. The monoisotopic (exact) mass is 462 g/mol. The van der Waals surface area contributed by atoms with Gasteiger partial charge in [0.2, 0.25) is 5.91 Å². The third-order valence-corrected chi connectivity index (χ3v) is 7.46. The lowest BCUT2D eigenvalue weighted by Crippen LogP contribution is -2.55. The normalized spacial score (nSPS) is 19.3. The maximum atomic E-state index is 13.0. The first-order chi connectivity index (χ1) is 16.5. The number of rotatable bonds is 4. The van der Waals surface area contributed by atoms with Gasteiger partial charge in [-0.1, -0.05) is 6.92 Å². The number of nitrogens with one attached hydrogen (secondary N) is 1. The molecule has 2 aliphatic rings. The van der Waals surface area contributed by atoms with E-state index in [0.717, 1.165) is 40.8 Å². The second kappa shape index (κ2) is 8.76. The van der Waals surface area contributed by atoms with Crippen LogP contribution in [0.2, 0.25) is 0 Å². The molecule has 34 heavy (non-hydrogen) atoms. The second-order valence-electron chi connectivity index (χ2n) is 9.21. The lowest BCUT2D eigenvalue weighted by Gasteiger charge is -2.50. The number of carbonyl (C=O) groups excluding carboxylic acids is 2. The van der Waals surface area contributed by atoms with Crippen molar-refractivity contribution in [3.8, 4) is 5.75 Å². The number of methoxy groups -OCH3 is 1. The van der Waals surface area contributed by atoms with Crippen molar-refractivity contribution in [3.05, 3.63) is 59.5 Å². The summed E-state index contributed by atoms with van der Waals surface area (Å²) in [7, 11) is 1.64. The van der Waals surface area contributed by atoms with Gasteiger partial charge < -0.3 is 24.6 Å². The Labute approximate surface area is 198 Å². The van der Waals surface area contributed by atoms with Crippen LogP contribution in [0, 0.1) is 0 Å². The van der Waals surface area contributed by atoms with Crippen molar-refractivity contribution in [1.82, 2.24) is 19.8 Å². The van der Waals surface area contributed by atoms with Crippen molar-refractivity contribution >= 4 is 22.7 Å². The fraction of sp³-hybridized carbons (Fsp3) is 0.423. The summed E-state index contributed by atoms with van der Waals surface area (Å²) in [5.41, 5.74) is 3.28. The molecule has 4 heterocycles. The Morgan fingerprint density at radius 3 is 2.71 bits per heavy atom. The van der Waals surface area contributed by atoms with Crippen LogP contribution in [-0.2, 0) is 10.2 Å². The molecular weight excluding hydrogens is 432 g/mol. The van der Waals surface area contributed by atoms with Gasteiger partial charge in [0, 0.05) is 66.5 Å². The van der Waals surface area contributed by atoms with Crippen LogP contribution < -0.4 is 4.74 Å². The van der Waals surface area contributed by atoms with Crippen LogP contribution in [0.1, 0.15) is 53.8 Å². The average molecular weight is 463 g/mol. The van der Waals surface area contributed by atoms with Crippen molar-refractivity contribution in [3.63, 3.8) is 0 Å². The third-order valence-electron chi connectivity index (χ3n) is 7.46. The van der Waals surface area contributed by atoms with Gasteiger partial charge in [-0.15, -0.1) is 0 Å². The molecule has 2 aromatic heterocycles. The van der Waals surface area contributed by atoms with E-state index >= 15 is 0 Å². The number of aliphatic hydroxyl groups is 1. The highest BCUT2D eigenvalue weighted by atomic mass is 16.5. The number of aromatic amines is 1. The Balaban J connectivity index is 1.55. The Kier molecular flexibility index (Phi) is 5.77. The number of amides is 2. The molecule has 8 heteroatoms. The van der Waals surface area contributed by atoms with Gasteiger partial charge >= 0.3 is 0 Å². The first-order valence-electron chi connectivity index (χ1n) is 11.8. The van der Waals surface area contributed by atoms with Crippen LogP contribution >= 0.6 is 0 Å². The van der Waals surface area contributed by atoms with Crippen LogP contribution in [-0.4, -0.2) is 70.0 Å². The predicted molar refractivity (Wildman–Crippen MR) is 128 cm³/mol. The van der Waals surface area contributed by atoms with Crippen molar-refractivity contribution in [1.29, 1.82) is 0 Å². The van der Waals surface area contributed by atoms with Crippen LogP contribution in [0.15, 0.2) is 42.7 Å². The van der Waals surface area contributed by atoms with E-state index in [1.54, 1.807) is 31.6 Å². The maximum Gasteiger partial charge on any atom is 0.255 e. The molecule has 0 radical (unpaired) electrons. The number of nitrogens with zero attached hydrogens (tertiary/aromatic N) is 3. The Bertz CT molecular complexity index is 1210. The SMILES string of the molecule is CCC(=O)N1CC2(CCN(C(=O)c3cccnc3)CC2)c2c([nH]c3cc(OC)ccc23)[C@H]1CO. The van der Waals surface area contributed by atoms with Crippen LogP contribution in [0.25, 0.3) is 10.9 Å². The van der Waals surface area contributed by atoms with E-state index in [2.05, 4.69) is 16.0 Å². The summed E-state index contributed by atoms with van der Waals surface area (Å²) in [5.74, 6) is 0.755. The fourth-order valence-corrected chi connectivity index (χ4v) is 5.69. The highest BCUT2D eigenvalue weighted by molar-refractivity contribution is 5.94. The number of ether oxygens (including phenoxy) is 1. The summed E-state index contributed by atoms with van der Waals surface area (Å²) >= 11 is 0. The molecule has 0 saturated carbocycles. The van der Waals surface area contributed by atoms with E-state index in [-0.39, 0.29) is 23.8 Å². The minimum atomic E-state index is -0.415. The zero-order valence-corrected chi connectivity index (χ0v) is 19.6. The first-order valence-corrected chi connectivity index (χ1v) is 11.8. The molecule has 2 N–H and O–H groups in total. The van der Waals surface area contributed by atoms with Crippen LogP contribution in [0.3, 0.4) is 0 Å². The van der Waals surface area contributed by atoms with Gasteiger partial charge in [0.25, 0.3) is 5.91 Å². The quantitative estimate of drug-likeness (QED) is 0.621. The lowest BCUT2D eigenvalue weighted by atomic mass is 9.68. The molecule has 2 aliphatic heterocycles. The Hall–Kier alpha value is -3.39. The summed E-state index contributed by atoms with van der Waals surface area (Å²) in [6.45, 7) is 3.42. The number of pyridine rings is 1. The van der Waals surface area contributed by atoms with E-state index < -0.39 is 6.04 Å². The minimum Gasteiger partial charge on any atom is -0.497 e. The van der Waals surface area contributed by atoms with Gasteiger partial charge in [0.15, 0.2) is 0 Å². The molecule has 8 nitrogen and oxygen atoms in total. The van der Waals surface area contributed by atoms with Crippen molar-refractivity contribution in [2.45, 2.75) is 37.6 Å². The maximum absolute atomic E-state index is 13.0. The van der Waals surface area contributed by atoms with Gasteiger partial charge in [-0.2, -0.15) is 0 Å². The number of aliphatic hydroxyl groups excluding tert-OH is 1. The molecule has 1 atom stereocenters. The van der Waals surface area contributed by atoms with Gasteiger partial charge in [-0.3, -0.25) is 14.6 Å². The summed E-state index contributed by atoms with van der Waals surface area (Å²) < 4.78 is 5.42. The van der Waals surface area contributed by atoms with E-state index in [1.165, 1.54) is 0 Å². The van der Waals surface area contributed by atoms with E-state index in [0.29, 0.717) is 31.6 Å². The standard InChI is InChI=1S/C26H30N4O4/c1-3-22(32)30-16-26(8-11-29(12-9-26)25(33)17-5-4-10-27-14-17)23-19-7-6-18(34-2)13-20(19)28-24(23)21(30)15-31/h4-7,10,13-14,21,28,31H,3,8-9,11-12,15-16H2,1-2H3/t21-/m1/s1. The molecule has 0 aliphatic carbocycles. The lowest BCUT2D eigenvalue weighted by molar-refractivity contribution is -0.137. The fourth-order valence-electron chi connectivity index (χ4n) is 5.69. The molecular formula is C26H30N4O4. The number of hydrogen-bond donors (Lipinski definition) is 2. The summed E-state index contributed by atoms with van der Waals surface area (Å²) in [6.07, 6.45) is 5.11. The first kappa shape index (κ1) is 22.4. The van der Waals surface area contributed by atoms with Crippen LogP contribution in [0.4, 0.5) is 0 Å². The molecule has 1 saturated heterocycles. The average Bonchev–Trinajstić information content (AvgIpc) is 3.28. The Morgan fingerprint density at radius 1 is 1.26 bits per heavy atom. The highest BCUT2D eigenvalue weighted by Gasteiger charge is 2.48. The molecule has 5 rings (SSSR count). The van der Waals surface area contributed by atoms with Gasteiger partial charge in [-0.05, 0) is 42.7 Å². The highest BCUT2D eigenvalue weighted by Crippen LogP contribution is 2.49. The second-order valence-corrected chi connectivity index (χ2v) is 9.21. The zero-order valence-electron chi connectivity index (χ0n) is 19.6. The molecule has 2 amide bonds. The summed E-state index contributed by atoms with van der Waals surface area (Å²) in [4.78, 5) is 37.3. The van der Waals surface area contributed by atoms with Crippen molar-refractivity contribution in [2.75, 3.05) is 33.4 Å². The molecule has 178 valence electrons. The largest absolute Gasteiger partial charge is 0.497 e. The zero-order chi connectivity index (χ0) is 23.9. The predicted octanol–water partition coefficient (Wildman–Crippen LogP) is 3.03. The number of hydrogen-bond acceptors (Lipinski definition) is 5. The number of fused-ring (bicyclic) bond motifs is 4. The molecule has 0 bridgehead atoms. The van der Waals surface area contributed by atoms with Gasteiger partial charge in [0.05, 0.1) is 25.3 Å². The molecule has 1 fully saturated rings. The molecule has 1 spiro atoms. The van der Waals surface area contributed by atoms with E-state index in [9.17, 15) is 14.7 Å². The molecule has 0 unspecified atom stereocenters. The van der Waals surface area contributed by atoms with Crippen molar-refractivity contribution in [2.24, 2.45) is 0 Å². The number of piperidine rings is 1. The molecule has 3 aromatic rings. The smallest absolute Gasteiger partial charge is 0.255 e. The minimum absolute atomic E-state index is 0.0163. The third kappa shape index (κ3) is 3.53. The summed E-state index contributed by atoms with van der Waals surface area (Å²) in [6, 6.07) is 9.12. The van der Waals surface area contributed by atoms with E-state index in [1.807, 2.05) is 28.9 Å². The number of carbonyl (C=O) groups is 2. The Morgan fingerprint density at radius 2 is 2.06 bits per heavy atom. The van der Waals surface area contributed by atoms with E-state index in [4.69, 9.17) is 4.74 Å². The number of benzene rings is 1. The molecule has 1 aromatic carbocycles. The number of aromatic nitrogens is 2.